The molecule has 9 nitrogen and oxygen atoms in total. The lowest BCUT2D eigenvalue weighted by Crippen LogP contribution is -2.44. The molecule has 0 aliphatic carbocycles. The van der Waals surface area contributed by atoms with Crippen molar-refractivity contribution in [1.29, 1.82) is 0 Å². The Hall–Kier alpha value is -3.62. The number of esters is 2. The number of para-hydroxylation sites is 1. The van der Waals surface area contributed by atoms with Gasteiger partial charge in [-0.05, 0) is 31.9 Å². The van der Waals surface area contributed by atoms with Crippen molar-refractivity contribution in [3.63, 3.8) is 0 Å². The standard InChI is InChI=1S/C24H30N2O7/c1-14(2)21(33-18-10-8-7-9-11-18)16(4)31-24(29)15(3)26-23(28)20-22(32-17(5)27)19(30-6)12-13-25-20/h7-16,21H,1-6H3,(H,26,28)/t15-,16-,21+/m0/s1. The minimum Gasteiger partial charge on any atom is -0.493 e. The summed E-state index contributed by atoms with van der Waals surface area (Å²) in [7, 11) is 1.37. The fourth-order valence-corrected chi connectivity index (χ4v) is 3.10. The van der Waals surface area contributed by atoms with Gasteiger partial charge in [0.15, 0.2) is 11.4 Å². The molecular weight excluding hydrogens is 428 g/mol. The monoisotopic (exact) mass is 458 g/mol. The molecule has 0 aliphatic heterocycles. The van der Waals surface area contributed by atoms with E-state index in [1.807, 2.05) is 44.2 Å². The van der Waals surface area contributed by atoms with Gasteiger partial charge in [-0.15, -0.1) is 0 Å². The van der Waals surface area contributed by atoms with Gasteiger partial charge in [0.2, 0.25) is 5.75 Å². The first kappa shape index (κ1) is 25.6. The maximum absolute atomic E-state index is 12.7. The number of rotatable bonds is 10. The molecule has 0 bridgehead atoms. The van der Waals surface area contributed by atoms with E-state index in [9.17, 15) is 14.4 Å². The minimum atomic E-state index is -0.998. The lowest BCUT2D eigenvalue weighted by Gasteiger charge is -2.29. The molecule has 0 unspecified atom stereocenters. The zero-order valence-electron chi connectivity index (χ0n) is 19.7. The quantitative estimate of drug-likeness (QED) is 0.540. The molecule has 178 valence electrons. The molecule has 1 N–H and O–H groups in total. The van der Waals surface area contributed by atoms with Crippen LogP contribution in [0.3, 0.4) is 0 Å². The third-order valence-corrected chi connectivity index (χ3v) is 4.69. The first-order valence-corrected chi connectivity index (χ1v) is 10.6. The molecule has 2 rings (SSSR count). The van der Waals surface area contributed by atoms with E-state index in [0.717, 1.165) is 0 Å². The molecule has 33 heavy (non-hydrogen) atoms. The van der Waals surface area contributed by atoms with E-state index in [4.69, 9.17) is 18.9 Å². The van der Waals surface area contributed by atoms with Crippen molar-refractivity contribution in [3.8, 4) is 17.2 Å². The summed E-state index contributed by atoms with van der Waals surface area (Å²) >= 11 is 0. The summed E-state index contributed by atoms with van der Waals surface area (Å²) in [5.74, 6) is -1.25. The fourth-order valence-electron chi connectivity index (χ4n) is 3.10. The highest BCUT2D eigenvalue weighted by molar-refractivity contribution is 5.98. The van der Waals surface area contributed by atoms with Gasteiger partial charge in [-0.2, -0.15) is 0 Å². The highest BCUT2D eigenvalue weighted by Crippen LogP contribution is 2.29. The number of ether oxygens (including phenoxy) is 4. The van der Waals surface area contributed by atoms with Crippen LogP contribution in [0, 0.1) is 5.92 Å². The molecular formula is C24H30N2O7. The van der Waals surface area contributed by atoms with Crippen LogP contribution in [0.2, 0.25) is 0 Å². The SMILES string of the molecule is COc1ccnc(C(=O)N[C@@H](C)C(=O)O[C@@H](C)[C@H](Oc2ccccc2)C(C)C)c1OC(C)=O. The van der Waals surface area contributed by atoms with Crippen LogP contribution in [0.25, 0.3) is 0 Å². The van der Waals surface area contributed by atoms with Gasteiger partial charge in [0.1, 0.15) is 24.0 Å². The van der Waals surface area contributed by atoms with Crippen molar-refractivity contribution in [1.82, 2.24) is 10.3 Å². The zero-order valence-corrected chi connectivity index (χ0v) is 19.7. The van der Waals surface area contributed by atoms with Crippen molar-refractivity contribution in [3.05, 3.63) is 48.3 Å². The van der Waals surface area contributed by atoms with Gasteiger partial charge in [-0.1, -0.05) is 32.0 Å². The minimum absolute atomic E-state index is 0.0603. The van der Waals surface area contributed by atoms with E-state index in [0.29, 0.717) is 5.75 Å². The first-order chi connectivity index (χ1) is 15.6. The maximum Gasteiger partial charge on any atom is 0.328 e. The van der Waals surface area contributed by atoms with Gasteiger partial charge in [-0.25, -0.2) is 9.78 Å². The Bertz CT molecular complexity index is 963. The van der Waals surface area contributed by atoms with Crippen molar-refractivity contribution in [2.24, 2.45) is 5.92 Å². The second-order valence-corrected chi connectivity index (χ2v) is 7.76. The Morgan fingerprint density at radius 3 is 2.24 bits per heavy atom. The van der Waals surface area contributed by atoms with Gasteiger partial charge in [-0.3, -0.25) is 9.59 Å². The lowest BCUT2D eigenvalue weighted by atomic mass is 10.0. The molecule has 9 heteroatoms. The summed E-state index contributed by atoms with van der Waals surface area (Å²) in [6.45, 7) is 8.35. The van der Waals surface area contributed by atoms with Crippen LogP contribution in [0.15, 0.2) is 42.6 Å². The van der Waals surface area contributed by atoms with Gasteiger partial charge in [0.05, 0.1) is 7.11 Å². The summed E-state index contributed by atoms with van der Waals surface area (Å²) in [5.41, 5.74) is -0.190. The van der Waals surface area contributed by atoms with E-state index in [-0.39, 0.29) is 23.1 Å². The zero-order chi connectivity index (χ0) is 24.5. The fraction of sp³-hybridized carbons (Fsp3) is 0.417. The number of nitrogens with zero attached hydrogens (tertiary/aromatic N) is 1. The van der Waals surface area contributed by atoms with Crippen LogP contribution in [0.4, 0.5) is 0 Å². The number of carbonyl (C=O) groups is 3. The van der Waals surface area contributed by atoms with E-state index in [2.05, 4.69) is 10.3 Å². The molecule has 2 aromatic rings. The first-order valence-electron chi connectivity index (χ1n) is 10.6. The second-order valence-electron chi connectivity index (χ2n) is 7.76. The van der Waals surface area contributed by atoms with Crippen molar-refractivity contribution < 1.29 is 33.3 Å². The highest BCUT2D eigenvalue weighted by Gasteiger charge is 2.29. The number of benzene rings is 1. The van der Waals surface area contributed by atoms with Crippen LogP contribution < -0.4 is 19.5 Å². The summed E-state index contributed by atoms with van der Waals surface area (Å²) in [4.78, 5) is 40.8. The average molecular weight is 459 g/mol. The van der Waals surface area contributed by atoms with Crippen molar-refractivity contribution in [2.45, 2.75) is 52.9 Å². The molecule has 0 fully saturated rings. The maximum atomic E-state index is 12.7. The number of nitrogens with one attached hydrogen (secondary N) is 1. The lowest BCUT2D eigenvalue weighted by molar-refractivity contribution is -0.155. The van der Waals surface area contributed by atoms with Gasteiger partial charge in [0.25, 0.3) is 5.91 Å². The van der Waals surface area contributed by atoms with E-state index < -0.39 is 36.1 Å². The Kier molecular flexibility index (Phi) is 9.20. The summed E-state index contributed by atoms with van der Waals surface area (Å²) in [6, 6.07) is 9.71. The predicted octanol–water partition coefficient (Wildman–Crippen LogP) is 3.17. The molecule has 0 radical (unpaired) electrons. The van der Waals surface area contributed by atoms with E-state index in [1.165, 1.54) is 33.2 Å². The number of amides is 1. The van der Waals surface area contributed by atoms with E-state index in [1.54, 1.807) is 6.92 Å². The molecule has 1 amide bonds. The van der Waals surface area contributed by atoms with Crippen LogP contribution in [0.5, 0.6) is 17.2 Å². The van der Waals surface area contributed by atoms with Crippen molar-refractivity contribution >= 4 is 17.8 Å². The third-order valence-electron chi connectivity index (χ3n) is 4.69. The molecule has 0 saturated carbocycles. The molecule has 0 aliphatic rings. The van der Waals surface area contributed by atoms with Gasteiger partial charge >= 0.3 is 11.9 Å². The number of carbonyl (C=O) groups excluding carboxylic acids is 3. The van der Waals surface area contributed by atoms with Gasteiger partial charge in [0, 0.05) is 19.2 Å². The Morgan fingerprint density at radius 1 is 1.00 bits per heavy atom. The Morgan fingerprint density at radius 2 is 1.67 bits per heavy atom. The van der Waals surface area contributed by atoms with Crippen LogP contribution in [-0.4, -0.2) is 48.2 Å². The molecule has 0 saturated heterocycles. The molecule has 1 aromatic carbocycles. The number of hydrogen-bond acceptors (Lipinski definition) is 8. The summed E-state index contributed by atoms with van der Waals surface area (Å²) in [6.07, 6.45) is 0.360. The molecule has 1 heterocycles. The summed E-state index contributed by atoms with van der Waals surface area (Å²) in [5, 5.41) is 2.52. The smallest absolute Gasteiger partial charge is 0.328 e. The topological polar surface area (TPSA) is 113 Å². The predicted molar refractivity (Wildman–Crippen MR) is 120 cm³/mol. The highest BCUT2D eigenvalue weighted by atomic mass is 16.6. The van der Waals surface area contributed by atoms with Gasteiger partial charge < -0.3 is 24.3 Å². The second kappa shape index (κ2) is 11.8. The van der Waals surface area contributed by atoms with Crippen LogP contribution in [-0.2, 0) is 14.3 Å². The number of pyridine rings is 1. The molecule has 3 atom stereocenters. The van der Waals surface area contributed by atoms with Crippen LogP contribution >= 0.6 is 0 Å². The average Bonchev–Trinajstić information content (AvgIpc) is 2.77. The number of hydrogen-bond donors (Lipinski definition) is 1. The van der Waals surface area contributed by atoms with Crippen molar-refractivity contribution in [2.75, 3.05) is 7.11 Å². The number of methoxy groups -OCH3 is 1. The third kappa shape index (κ3) is 7.20. The van der Waals surface area contributed by atoms with E-state index >= 15 is 0 Å². The summed E-state index contributed by atoms with van der Waals surface area (Å²) < 4.78 is 21.8. The Labute approximate surface area is 193 Å². The van der Waals surface area contributed by atoms with Crippen LogP contribution in [0.1, 0.15) is 45.1 Å². The normalized spacial score (nSPS) is 13.4. The molecule has 0 spiro atoms. The largest absolute Gasteiger partial charge is 0.493 e. The Balaban J connectivity index is 2.07. The number of aromatic nitrogens is 1. The molecule has 1 aromatic heterocycles.